The number of hydrogen-bond donors (Lipinski definition) is 7. The second kappa shape index (κ2) is 64.9. The number of H-pyrrole nitrogens is 4. The van der Waals surface area contributed by atoms with Gasteiger partial charge in [0, 0.05) is 27.8 Å². The van der Waals surface area contributed by atoms with Crippen molar-refractivity contribution < 1.29 is 144 Å². The second-order valence-electron chi connectivity index (χ2n) is 27.4. The molecule has 6 heterocycles. The van der Waals surface area contributed by atoms with Gasteiger partial charge in [0.2, 0.25) is 17.5 Å². The molecule has 4 aliphatic rings. The summed E-state index contributed by atoms with van der Waals surface area (Å²) in [5.41, 5.74) is 2.56. The van der Waals surface area contributed by atoms with Crippen molar-refractivity contribution in [2.75, 3.05) is 25.0 Å². The Labute approximate surface area is 890 Å². The van der Waals surface area contributed by atoms with Gasteiger partial charge in [0.15, 0.2) is 49.7 Å². The minimum Gasteiger partial charge on any atom is -1.00 e. The van der Waals surface area contributed by atoms with Crippen LogP contribution in [0.4, 0.5) is 0 Å². The summed E-state index contributed by atoms with van der Waals surface area (Å²) in [6.45, 7) is -0.626. The number of alkyl halides is 1. The van der Waals surface area contributed by atoms with Gasteiger partial charge in [0.1, 0.15) is 39.4 Å². The van der Waals surface area contributed by atoms with Crippen molar-refractivity contribution in [1.29, 1.82) is 0 Å². The topological polar surface area (TPSA) is 527 Å². The molecule has 2 aromatic heterocycles. The molecule has 0 fully saturated rings. The predicted octanol–water partition coefficient (Wildman–Crippen LogP) is 4.74. The van der Waals surface area contributed by atoms with Crippen molar-refractivity contribution >= 4 is 195 Å². The molecule has 0 saturated heterocycles. The van der Waals surface area contributed by atoms with E-state index in [-0.39, 0.29) is 226 Å². The number of nitrogens with zero attached hydrogens (tertiary/aromatic N) is 9. The van der Waals surface area contributed by atoms with E-state index in [2.05, 4.69) is 126 Å². The number of hydrogen-bond acceptors (Lipinski definition) is 27. The molecule has 0 spiro atoms. The normalized spacial score (nSPS) is 12.7. The third kappa shape index (κ3) is 43.4. The van der Waals surface area contributed by atoms with E-state index < -0.39 is 69.0 Å². The van der Waals surface area contributed by atoms with E-state index >= 15 is 0 Å². The van der Waals surface area contributed by atoms with Gasteiger partial charge in [-0.25, -0.2) is 39.4 Å². The number of Topliss-reactive ketones (excluding diaryl/α,β-unsaturated/α-hetero) is 9. The van der Waals surface area contributed by atoms with Gasteiger partial charge in [-0.1, -0.05) is 304 Å². The molecule has 0 radical (unpaired) electrons. The Kier molecular flexibility index (Phi) is 56.5. The molecule has 7 N–H and O–H groups in total. The van der Waals surface area contributed by atoms with E-state index in [1.165, 1.54) is 0 Å². The first-order valence-corrected chi connectivity index (χ1v) is 45.1. The Bertz CT molecular complexity index is 6360. The minimum absolute atomic E-state index is 0. The third-order valence-electron chi connectivity index (χ3n) is 17.6. The molecule has 0 saturated carbocycles. The molecular formula is C93H89BBr6N14Na2O23. The quantitative estimate of drug-likeness (QED) is 0.0158. The number of ketones is 9. The maximum atomic E-state index is 12.2. The molecule has 0 aliphatic carbocycles. The van der Waals surface area contributed by atoms with Crippen LogP contribution in [-0.2, 0) is 80.7 Å². The number of aliphatic hydroxyl groups is 2. The zero-order valence-corrected chi connectivity index (χ0v) is 86.1. The fourth-order valence-corrected chi connectivity index (χ4v) is 11.7. The summed E-state index contributed by atoms with van der Waals surface area (Å²) in [5, 5.41) is 40.9. The van der Waals surface area contributed by atoms with Gasteiger partial charge >= 0.3 is 95.9 Å². The van der Waals surface area contributed by atoms with Crippen molar-refractivity contribution in [1.82, 2.24) is 50.0 Å². The predicted molar refractivity (Wildman–Crippen MR) is 535 cm³/mol. The number of nitrogens with one attached hydrogen (secondary N) is 5. The molecule has 4 aliphatic heterocycles. The first-order valence-electron chi connectivity index (χ1n) is 39.7. The smallest absolute Gasteiger partial charge is 1.00 e. The summed E-state index contributed by atoms with van der Waals surface area (Å²) in [6.07, 6.45) is -2.02. The SMILES string of the molecule is BrB(Br)Br.C.C.O=C(CBr)c1ccccc1.O=C(Cn1[nH]c(=O)c(=O)[nH]c1=O)c1ccccc1.O=C1CC(=O)C(Br)=NN1.O=C1CC(=O)N(CC(=O)c2ccccc2)N=C1Br.O=C1CC(=O)N(CC(=O)c2ccccc2)N=C1OCc1ccccc1.O=C1CC(=O)N(CC(=O)c2ccccc2)N=C1OCc1ccccc1.O=c1[nH]c(=O)n(CC(O)c2ccccc2)[nH]c1=O.OCc1ccccc1.[H-].[H-].[Na+].[Na+]. The Morgan fingerprint density at radius 2 is 0.669 bits per heavy atom. The molecule has 1 unspecified atom stereocenters. The molecule has 139 heavy (non-hydrogen) atoms. The third-order valence-corrected chi connectivity index (χ3v) is 19.3. The molecular weight excluding hydrogens is 2220 g/mol. The van der Waals surface area contributed by atoms with Crippen molar-refractivity contribution in [2.24, 2.45) is 20.4 Å². The van der Waals surface area contributed by atoms with Crippen LogP contribution in [0.2, 0.25) is 0 Å². The van der Waals surface area contributed by atoms with Gasteiger partial charge in [0.05, 0.1) is 50.3 Å². The first-order chi connectivity index (χ1) is 64.7. The summed E-state index contributed by atoms with van der Waals surface area (Å²) < 4.78 is 13.0. The zero-order valence-electron chi connectivity index (χ0n) is 74.6. The molecule has 15 rings (SSSR count). The van der Waals surface area contributed by atoms with E-state index in [9.17, 15) is 96.2 Å². The Morgan fingerprint density at radius 3 is 0.993 bits per heavy atom. The number of carbonyl (C=O) groups is 13. The molecule has 11 aromatic rings. The summed E-state index contributed by atoms with van der Waals surface area (Å²) in [4.78, 5) is 221. The average Bonchev–Trinajstić information content (AvgIpc) is 0.826. The number of halogens is 6. The van der Waals surface area contributed by atoms with Gasteiger partial charge in [-0.15, -0.1) is 57.5 Å². The van der Waals surface area contributed by atoms with Gasteiger partial charge in [0.25, 0.3) is 29.5 Å². The zero-order chi connectivity index (χ0) is 98.3. The maximum absolute atomic E-state index is 12.2. The van der Waals surface area contributed by atoms with E-state index in [4.69, 9.17) is 14.6 Å². The van der Waals surface area contributed by atoms with Gasteiger partial charge in [-0.3, -0.25) is 102 Å². The number of amides is 4. The molecule has 4 amide bonds. The molecule has 46 heteroatoms. The number of ether oxygens (including phenoxy) is 2. The van der Waals surface area contributed by atoms with Crippen molar-refractivity contribution in [2.45, 2.75) is 79.6 Å². The average molecular weight is 2310 g/mol. The number of carbonyl (C=O) groups excluding carboxylic acids is 13. The van der Waals surface area contributed by atoms with Crippen LogP contribution in [-0.4, -0.2) is 180 Å². The van der Waals surface area contributed by atoms with Crippen LogP contribution in [0.15, 0.2) is 322 Å². The molecule has 716 valence electrons. The van der Waals surface area contributed by atoms with Crippen LogP contribution in [0.3, 0.4) is 0 Å². The monoisotopic (exact) mass is 2300 g/mol. The summed E-state index contributed by atoms with van der Waals surface area (Å²) in [7, 11) is 0. The van der Waals surface area contributed by atoms with Crippen LogP contribution < -0.4 is 98.2 Å². The van der Waals surface area contributed by atoms with E-state index in [1.54, 1.807) is 152 Å². The largest absolute Gasteiger partial charge is 1.00 e. The van der Waals surface area contributed by atoms with Crippen molar-refractivity contribution in [3.05, 3.63) is 385 Å². The number of hydrazone groups is 4. The van der Waals surface area contributed by atoms with Crippen molar-refractivity contribution in [3.63, 3.8) is 0 Å². The van der Waals surface area contributed by atoms with Crippen LogP contribution in [0.1, 0.15) is 124 Å². The number of rotatable bonds is 22. The van der Waals surface area contributed by atoms with Gasteiger partial charge in [-0.2, -0.15) is 10.2 Å². The van der Waals surface area contributed by atoms with Crippen molar-refractivity contribution in [3.8, 4) is 0 Å². The number of benzene rings is 9. The van der Waals surface area contributed by atoms with Crippen LogP contribution in [0.25, 0.3) is 0 Å². The van der Waals surface area contributed by atoms with E-state index in [0.29, 0.717) is 33.1 Å². The number of aromatic amines is 4. The molecule has 1 atom stereocenters. The molecule has 9 aromatic carbocycles. The van der Waals surface area contributed by atoms with Crippen LogP contribution in [0, 0.1) is 0 Å². The Balaban J connectivity index is 0.000000815. The minimum atomic E-state index is -1.04. The van der Waals surface area contributed by atoms with Gasteiger partial charge in [-0.05, 0) is 54.1 Å². The Morgan fingerprint density at radius 1 is 0.381 bits per heavy atom. The van der Waals surface area contributed by atoms with Gasteiger partial charge < -0.3 is 22.5 Å². The molecule has 0 bridgehead atoms. The summed E-state index contributed by atoms with van der Waals surface area (Å²) >= 11 is 18.2. The van der Waals surface area contributed by atoms with Crippen LogP contribution in [0.5, 0.6) is 0 Å². The first kappa shape index (κ1) is 121. The number of aliphatic hydroxyl groups excluding tert-OH is 2. The maximum Gasteiger partial charge on any atom is 1.00 e. The summed E-state index contributed by atoms with van der Waals surface area (Å²) in [6, 6.07) is 80.2. The second-order valence-corrected chi connectivity index (χ2v) is 35.9. The standard InChI is InChI=1S/2C19H16N2O4.C12H9BrN2O3.C11H11N3O4.C11H9N3O4.C8H7BrO.C7H8O.C4H3BrN2O2.2CH4.BBr3.2Na.2H/c2*22-16-11-18(24)21(12-17(23)15-9-5-2-6-10-15)20-19(16)25-13-14-7-3-1-4-8-14;13-12-9(16)6-11(18)15(14-12)7-10(17)8-4-2-1-3-5-8;2*15-8(7-4-2-1-3-5-7)6-14-11(18)12-9(16)10(17)13-14;9-6-8(10)7-4-2-1-3-5-7;8-6-7-4-2-1-3-5-7;5-4-2(8)1-3(9)6-7-4;;;2-1(3)4;;;;/h2*1-10H,11-13H2;1-5H,6-7H2;1-5,8,15H,6H2,(H,13,17)(H,12,16,18);1-5H,6H2,(H,13,17)(H,12,16,18);1-5H,6H2;1-5,8H,6H2;1H2,(H,6,9);2*1H4;;;;;/q;;;;;;;;;;;2*+1;2*-1. The Hall–Kier alpha value is -12.1. The van der Waals surface area contributed by atoms with E-state index in [0.717, 1.165) is 46.6 Å². The molecule has 37 nitrogen and oxygen atoms in total. The number of aromatic nitrogens is 6. The fraction of sp³-hybridized carbons (Fsp3) is 0.172. The van der Waals surface area contributed by atoms with Crippen LogP contribution >= 0.6 is 95.1 Å². The fourth-order valence-electron chi connectivity index (χ4n) is 10.8. The summed E-state index contributed by atoms with van der Waals surface area (Å²) in [5.74, 6) is -4.71. The van der Waals surface area contributed by atoms with E-state index in [1.807, 2.05) is 136 Å².